The third-order valence-corrected chi connectivity index (χ3v) is 38.5. The molecule has 790 valence electrons. The van der Waals surface area contributed by atoms with Gasteiger partial charge in [-0.15, -0.1) is 90.7 Å². The molecule has 0 spiro atoms. The van der Waals surface area contributed by atoms with Crippen LogP contribution in [0.5, 0.6) is 0 Å². The molecule has 0 radical (unpaired) electrons. The molecule has 1 aromatic carbocycles. The Hall–Kier alpha value is 1.09. The second-order valence-corrected chi connectivity index (χ2v) is 65.2. The molecule has 0 saturated carbocycles. The Morgan fingerprint density at radius 3 is 1.01 bits per heavy atom. The van der Waals surface area contributed by atoms with Crippen LogP contribution in [0.3, 0.4) is 0 Å². The normalized spacial score (nSPS) is 11.2. The molecule has 45 heteroatoms. The van der Waals surface area contributed by atoms with Crippen LogP contribution in [0.15, 0.2) is 160 Å². The van der Waals surface area contributed by atoms with Crippen LogP contribution in [-0.2, 0) is 143 Å². The number of alkyl halides is 1. The number of aliphatic hydroxyl groups excluding tert-OH is 1. The van der Waals surface area contributed by atoms with Crippen LogP contribution in [0, 0.1) is 12.7 Å². The van der Waals surface area contributed by atoms with Crippen LogP contribution < -0.4 is 32.5 Å². The van der Waals surface area contributed by atoms with Crippen molar-refractivity contribution in [2.75, 3.05) is 255 Å². The molecular formula is C94H144Cl3FI4NaO24PS10Sn. The third-order valence-electron chi connectivity index (χ3n) is 16.4. The number of thiophene rings is 9. The summed E-state index contributed by atoms with van der Waals surface area (Å²) >= 11 is 36.9. The first-order valence-corrected chi connectivity index (χ1v) is 75.2. The molecular weight excluding hydrogens is 2640 g/mol. The monoisotopic (exact) mass is 2780 g/mol. The quantitative estimate of drug-likeness (QED) is 0.00927. The molecule has 11 rings (SSSR count). The van der Waals surface area contributed by atoms with E-state index in [1.54, 1.807) is 103 Å². The molecule has 10 aromatic rings. The molecule has 1 aliphatic rings. The maximum absolute atomic E-state index is 11.7. The zero-order chi connectivity index (χ0) is 102. The van der Waals surface area contributed by atoms with E-state index in [0.29, 0.717) is 152 Å². The fraction of sp³-hybridized carbons (Fsp3) is 0.543. The number of ether oxygens (including phenoxy) is 18. The zero-order valence-electron chi connectivity index (χ0n) is 82.8. The van der Waals surface area contributed by atoms with Gasteiger partial charge in [-0.2, -0.15) is 8.42 Å². The standard InChI is InChI=1S/C16H20O4S2.C15H20O3S2.C12H18O5S.2C11H17IO3S.C11H18O3S.C5H6OS.C4H8O.C4H3S.CH3F.CH4.3CH3.Cl3OP.I2.Na.Sn.H/c1-18-8-9-20-11-10-19-7-6-13-2-4-15(21-13)16-5-3-14(12-17)22-16;1-16-8-9-18-11-10-17-7-6-13-4-5-15(20-13)14-3-2-12-19-14;1-11-3-5-12(6-4-11)18(13,14)17-10-9-16-8-7-15-2;2*1-13-6-7-15-9-8-14-5-4-10-2-3-11(12)16-10;1-12-6-7-14-9-8-13-5-4-11-3-2-10-15-11;6-4-5-2-1-3-7-5;2*1-2-4-5-3-1;1-2;;;;;1-5(2,3)4;1-2;;;/h2-5,12H,6-11H2,1H3;2-5,12H,6-11H2,1H3;3-6H,7-10H2,1-2H3;2*2-3H,4-9H2,1H3;2-3,10H,4-9H2,1H3;1-3,6H,4H2;1-4H2;1-3H;1H3;1H4;3*1H3;;;;;/q;;;;;;;;;;;;;;;;+1;;-1/i;;;;;;;;;1D;;;;;;;;;. The SMILES string of the molecule is C.C1CCOC1.COCCOCCOCCc1ccc(-c2ccc(C=O)s2)s1.COCCOCCOCCc1ccc(-c2cccs2)s1.COCCOCCOCCc1ccc(I)s1.COCCOCCOCCc1ccc(I)s1.COCCOCCOCCc1cccs1.COCCOCCOS(=O)(=O)c1ccc(C)cc1.II.O=P(Cl)(Cl)Cl.OCc1cccs1.[2H]CF.[CH3][Sn]([CH3])([CH3])[c]1cccs1.[H-].[Na+]. The average Bonchev–Trinajstić information content (AvgIpc) is 1.83. The van der Waals surface area contributed by atoms with Gasteiger partial charge in [-0.25, -0.2) is 0 Å². The van der Waals surface area contributed by atoms with Gasteiger partial charge in [0.15, 0.2) is 6.29 Å². The predicted octanol–water partition coefficient (Wildman–Crippen LogP) is 22.9. The number of aliphatic hydroxyl groups is 1. The number of hydrogen-bond acceptors (Lipinski definition) is 33. The van der Waals surface area contributed by atoms with E-state index in [2.05, 4.69) is 232 Å². The number of benzene rings is 1. The maximum Gasteiger partial charge on any atom is 1.00 e. The number of methoxy groups -OCH3 is 6. The first-order valence-electron chi connectivity index (χ1n) is 44.0. The van der Waals surface area contributed by atoms with Gasteiger partial charge in [0.25, 0.3) is 10.1 Å². The van der Waals surface area contributed by atoms with Crippen LogP contribution in [0.1, 0.15) is 67.6 Å². The van der Waals surface area contributed by atoms with E-state index in [1.165, 1.54) is 81.1 Å². The molecule has 9 aromatic heterocycles. The van der Waals surface area contributed by atoms with Crippen molar-refractivity contribution in [2.24, 2.45) is 0 Å². The Morgan fingerprint density at radius 2 is 0.727 bits per heavy atom. The molecule has 0 bridgehead atoms. The second kappa shape index (κ2) is 102. The smallest absolute Gasteiger partial charge is 1.00 e. The topological polar surface area (TPSA) is 264 Å². The number of rotatable bonds is 58. The Balaban J connectivity index is -0.000000751. The van der Waals surface area contributed by atoms with Gasteiger partial charge in [-0.1, -0.05) is 43.3 Å². The largest absolute Gasteiger partial charge is 1.00 e. The van der Waals surface area contributed by atoms with E-state index in [4.69, 9.17) is 95.9 Å². The average molecular weight is 2790 g/mol. The van der Waals surface area contributed by atoms with Crippen molar-refractivity contribution < 1.29 is 149 Å². The molecule has 0 atom stereocenters. The van der Waals surface area contributed by atoms with E-state index in [1.807, 2.05) is 81.9 Å². The molecule has 1 aliphatic heterocycles. The van der Waals surface area contributed by atoms with Gasteiger partial charge in [0.1, 0.15) is 0 Å². The van der Waals surface area contributed by atoms with Crippen molar-refractivity contribution in [1.82, 2.24) is 0 Å². The summed E-state index contributed by atoms with van der Waals surface area (Å²) in [5, 5.41) is 13.5. The van der Waals surface area contributed by atoms with Crippen molar-refractivity contribution in [2.45, 2.75) is 85.6 Å². The number of carbonyl (C=O) groups is 1. The van der Waals surface area contributed by atoms with Crippen LogP contribution in [0.2, 0.25) is 14.8 Å². The Kier molecular flexibility index (Phi) is 105. The molecule has 24 nitrogen and oxygen atoms in total. The van der Waals surface area contributed by atoms with Gasteiger partial charge in [0.05, 0.1) is 222 Å². The van der Waals surface area contributed by atoms with Gasteiger partial charge in [-0.3, -0.25) is 17.9 Å². The summed E-state index contributed by atoms with van der Waals surface area (Å²) in [5.41, 5.74) is 0.997. The van der Waals surface area contributed by atoms with Gasteiger partial charge >= 0.3 is 99.7 Å². The molecule has 10 heterocycles. The fourth-order valence-corrected chi connectivity index (χ4v) is 25.2. The summed E-state index contributed by atoms with van der Waals surface area (Å²) in [6.45, 7) is 21.7. The van der Waals surface area contributed by atoms with Gasteiger partial charge in [0.2, 0.25) is 0 Å². The van der Waals surface area contributed by atoms with Crippen molar-refractivity contribution in [3.05, 3.63) is 200 Å². The number of aldehydes is 1. The minimum Gasteiger partial charge on any atom is -1.00 e. The van der Waals surface area contributed by atoms with E-state index >= 15 is 0 Å². The maximum atomic E-state index is 11.7. The van der Waals surface area contributed by atoms with Gasteiger partial charge < -0.3 is 91.8 Å². The third kappa shape index (κ3) is 88.3. The van der Waals surface area contributed by atoms with Crippen molar-refractivity contribution in [3.8, 4) is 19.5 Å². The molecule has 0 unspecified atom stereocenters. The molecule has 139 heavy (non-hydrogen) atoms. The summed E-state index contributed by atoms with van der Waals surface area (Å²) in [4.78, 5) is 31.8. The van der Waals surface area contributed by atoms with Crippen molar-refractivity contribution >= 4 is 261 Å². The summed E-state index contributed by atoms with van der Waals surface area (Å²) in [6.07, 6.45) is 8.29. The van der Waals surface area contributed by atoms with E-state index < -0.39 is 40.8 Å². The molecule has 1 N–H and O–H groups in total. The van der Waals surface area contributed by atoms with Crippen LogP contribution in [0.4, 0.5) is 4.39 Å². The zero-order valence-corrected chi connectivity index (χ0v) is 106. The molecule has 1 fully saturated rings. The van der Waals surface area contributed by atoms with Crippen LogP contribution in [0.25, 0.3) is 19.5 Å². The van der Waals surface area contributed by atoms with Gasteiger partial charge in [-0.05, 0) is 206 Å². The minimum absolute atomic E-state index is 0. The van der Waals surface area contributed by atoms with E-state index in [-0.39, 0.29) is 63.1 Å². The fourth-order valence-electron chi connectivity index (χ4n) is 9.71. The molecule has 0 aliphatic carbocycles. The molecule has 0 amide bonds. The number of halogens is 8. The number of hydrogen-bond donors (Lipinski definition) is 1. The van der Waals surface area contributed by atoms with E-state index in [0.717, 1.165) is 98.2 Å². The molecule has 1 saturated heterocycles. The Morgan fingerprint density at radius 1 is 0.424 bits per heavy atom. The Labute approximate surface area is 957 Å². The van der Waals surface area contributed by atoms with Crippen LogP contribution in [-0.4, -0.2) is 293 Å². The first kappa shape index (κ1) is 142. The number of aryl methyl sites for hydroxylation is 1. The summed E-state index contributed by atoms with van der Waals surface area (Å²) in [5.74, 6) is 0. The van der Waals surface area contributed by atoms with Crippen LogP contribution >= 0.6 is 223 Å². The minimum atomic E-state index is -3.68. The summed E-state index contributed by atoms with van der Waals surface area (Å²) in [7, 11) is 5.23. The van der Waals surface area contributed by atoms with Crippen molar-refractivity contribution in [3.63, 3.8) is 0 Å². The predicted molar refractivity (Wildman–Crippen MR) is 618 cm³/mol. The Bertz CT molecular complexity index is 4350. The number of carbonyl (C=O) groups excluding carboxylic acids is 1. The summed E-state index contributed by atoms with van der Waals surface area (Å²) in [6, 6.07) is 44.3. The second-order valence-electron chi connectivity index (χ2n) is 28.0. The summed E-state index contributed by atoms with van der Waals surface area (Å²) < 4.78 is 151. The van der Waals surface area contributed by atoms with Crippen molar-refractivity contribution in [1.29, 1.82) is 0 Å². The first-order chi connectivity index (χ1) is 66.8. The van der Waals surface area contributed by atoms with Gasteiger partial charge in [0, 0.05) is 174 Å². The van der Waals surface area contributed by atoms with E-state index in [9.17, 15) is 22.2 Å².